The van der Waals surface area contributed by atoms with E-state index in [0.717, 1.165) is 7.11 Å². The predicted molar refractivity (Wildman–Crippen MR) is 60.9 cm³/mol. The third-order valence-electron chi connectivity index (χ3n) is 2.59. The van der Waals surface area contributed by atoms with Crippen LogP contribution in [0.1, 0.15) is 28.4 Å². The first-order valence-electron chi connectivity index (χ1n) is 5.43. The largest absolute Gasteiger partial charge is 0.478 e. The van der Waals surface area contributed by atoms with E-state index in [-0.39, 0.29) is 0 Å². The summed E-state index contributed by atoms with van der Waals surface area (Å²) in [5.74, 6) is -5.09. The Balaban J connectivity index is 3.07. The van der Waals surface area contributed by atoms with Crippen LogP contribution >= 0.6 is 0 Å². The van der Waals surface area contributed by atoms with E-state index in [9.17, 15) is 28.6 Å². The number of carbonyl (C=O) groups excluding carboxylic acids is 1. The van der Waals surface area contributed by atoms with Gasteiger partial charge in [-0.15, -0.1) is 0 Å². The van der Waals surface area contributed by atoms with E-state index in [4.69, 9.17) is 5.11 Å². The van der Waals surface area contributed by atoms with Crippen molar-refractivity contribution in [1.82, 2.24) is 0 Å². The Bertz CT molecular complexity index is 508. The van der Waals surface area contributed by atoms with Crippen LogP contribution < -0.4 is 0 Å². The second-order valence-corrected chi connectivity index (χ2v) is 3.95. The number of carbonyl (C=O) groups is 2. The van der Waals surface area contributed by atoms with E-state index in [1.165, 1.54) is 0 Å². The van der Waals surface area contributed by atoms with Crippen LogP contribution in [-0.2, 0) is 9.53 Å². The molecule has 0 spiro atoms. The minimum Gasteiger partial charge on any atom is -0.478 e. The molecule has 20 heavy (non-hydrogen) atoms. The van der Waals surface area contributed by atoms with Crippen molar-refractivity contribution in [1.29, 1.82) is 0 Å². The Morgan fingerprint density at radius 3 is 2.15 bits per heavy atom. The van der Waals surface area contributed by atoms with Gasteiger partial charge in [0.05, 0.1) is 30.8 Å². The lowest BCUT2D eigenvalue weighted by atomic mass is 9.99. The number of esters is 1. The second-order valence-electron chi connectivity index (χ2n) is 3.95. The van der Waals surface area contributed by atoms with Gasteiger partial charge >= 0.3 is 11.9 Å². The van der Waals surface area contributed by atoms with E-state index in [0.29, 0.717) is 12.1 Å². The smallest absolute Gasteiger partial charge is 0.335 e. The van der Waals surface area contributed by atoms with Crippen LogP contribution in [0.25, 0.3) is 0 Å². The molecule has 0 aromatic heterocycles. The average molecular weight is 290 g/mol. The number of carboxylic acids is 1. The Labute approximate surface area is 112 Å². The van der Waals surface area contributed by atoms with Crippen molar-refractivity contribution < 1.29 is 38.4 Å². The SMILES string of the molecule is COC(=O)CC(O)C(O)c1c(F)cc(C(=O)O)cc1F. The topological polar surface area (TPSA) is 104 Å². The van der Waals surface area contributed by atoms with Gasteiger partial charge in [-0.2, -0.15) is 0 Å². The standard InChI is InChI=1S/C12H12F2O6/c1-20-9(16)4-8(15)11(17)10-6(13)2-5(12(18)19)3-7(10)14/h2-3,8,11,15,17H,4H2,1H3,(H,18,19). The molecule has 8 heteroatoms. The highest BCUT2D eigenvalue weighted by atomic mass is 19.1. The van der Waals surface area contributed by atoms with Crippen molar-refractivity contribution in [2.24, 2.45) is 0 Å². The Hall–Kier alpha value is -2.06. The molecule has 0 radical (unpaired) electrons. The predicted octanol–water partition coefficient (Wildman–Crippen LogP) is 0.620. The molecule has 110 valence electrons. The zero-order valence-electron chi connectivity index (χ0n) is 10.3. The molecule has 0 fully saturated rings. The molecule has 0 aliphatic carbocycles. The molecule has 0 bridgehead atoms. The molecule has 1 rings (SSSR count). The summed E-state index contributed by atoms with van der Waals surface area (Å²) in [4.78, 5) is 21.5. The van der Waals surface area contributed by atoms with E-state index in [2.05, 4.69) is 4.74 Å². The van der Waals surface area contributed by atoms with E-state index >= 15 is 0 Å². The van der Waals surface area contributed by atoms with Crippen LogP contribution in [0.2, 0.25) is 0 Å². The van der Waals surface area contributed by atoms with Gasteiger partial charge in [0.1, 0.15) is 17.7 Å². The third-order valence-corrected chi connectivity index (χ3v) is 2.59. The fourth-order valence-electron chi connectivity index (χ4n) is 1.55. The molecule has 1 aromatic carbocycles. The first-order valence-corrected chi connectivity index (χ1v) is 5.43. The number of carboxylic acid groups (broad SMARTS) is 1. The van der Waals surface area contributed by atoms with Crippen molar-refractivity contribution in [2.45, 2.75) is 18.6 Å². The second kappa shape index (κ2) is 6.40. The minimum atomic E-state index is -2.03. The monoisotopic (exact) mass is 290 g/mol. The van der Waals surface area contributed by atoms with Gasteiger partial charge in [-0.1, -0.05) is 0 Å². The van der Waals surface area contributed by atoms with Crippen molar-refractivity contribution >= 4 is 11.9 Å². The van der Waals surface area contributed by atoms with E-state index in [1.54, 1.807) is 0 Å². The van der Waals surface area contributed by atoms with Crippen molar-refractivity contribution in [3.8, 4) is 0 Å². The fourth-order valence-corrected chi connectivity index (χ4v) is 1.55. The molecule has 1 aromatic rings. The first kappa shape index (κ1) is 16.0. The highest BCUT2D eigenvalue weighted by molar-refractivity contribution is 5.87. The average Bonchev–Trinajstić information content (AvgIpc) is 2.37. The molecule has 3 N–H and O–H groups in total. The number of aliphatic hydroxyl groups is 2. The lowest BCUT2D eigenvalue weighted by molar-refractivity contribution is -0.144. The lowest BCUT2D eigenvalue weighted by Crippen LogP contribution is -2.24. The van der Waals surface area contributed by atoms with Crippen LogP contribution in [-0.4, -0.2) is 40.5 Å². The van der Waals surface area contributed by atoms with Crippen molar-refractivity contribution in [2.75, 3.05) is 7.11 Å². The van der Waals surface area contributed by atoms with E-state index in [1.807, 2.05) is 0 Å². The number of aliphatic hydroxyl groups excluding tert-OH is 2. The van der Waals surface area contributed by atoms with Crippen molar-refractivity contribution in [3.63, 3.8) is 0 Å². The highest BCUT2D eigenvalue weighted by Gasteiger charge is 2.28. The summed E-state index contributed by atoms with van der Waals surface area (Å²) in [5.41, 5.74) is -1.55. The molecule has 0 saturated heterocycles. The van der Waals surface area contributed by atoms with Gasteiger partial charge in [-0.3, -0.25) is 4.79 Å². The fraction of sp³-hybridized carbons (Fsp3) is 0.333. The number of aromatic carboxylic acids is 1. The van der Waals surface area contributed by atoms with Crippen LogP contribution in [0.4, 0.5) is 8.78 Å². The summed E-state index contributed by atoms with van der Waals surface area (Å²) in [7, 11) is 1.05. The number of halogens is 2. The molecular formula is C12H12F2O6. The first-order chi connectivity index (χ1) is 9.27. The van der Waals surface area contributed by atoms with Crippen LogP contribution in [0.3, 0.4) is 0 Å². The van der Waals surface area contributed by atoms with Gasteiger partial charge in [0, 0.05) is 0 Å². The molecular weight excluding hydrogens is 278 g/mol. The van der Waals surface area contributed by atoms with Crippen LogP contribution in [0, 0.1) is 11.6 Å². The summed E-state index contributed by atoms with van der Waals surface area (Å²) in [6.45, 7) is 0. The molecule has 0 aliphatic rings. The Morgan fingerprint density at radius 1 is 1.25 bits per heavy atom. The molecule has 0 saturated carbocycles. The zero-order valence-corrected chi connectivity index (χ0v) is 10.3. The van der Waals surface area contributed by atoms with Crippen LogP contribution in [0.15, 0.2) is 12.1 Å². The normalized spacial score (nSPS) is 13.7. The van der Waals surface area contributed by atoms with Gasteiger partial charge < -0.3 is 20.1 Å². The summed E-state index contributed by atoms with van der Waals surface area (Å²) >= 11 is 0. The zero-order chi connectivity index (χ0) is 15.4. The summed E-state index contributed by atoms with van der Waals surface area (Å²) in [6.07, 6.45) is -4.49. The minimum absolute atomic E-state index is 0.509. The quantitative estimate of drug-likeness (QED) is 0.687. The maximum atomic E-state index is 13.6. The molecule has 0 heterocycles. The van der Waals surface area contributed by atoms with Crippen molar-refractivity contribution in [3.05, 3.63) is 34.9 Å². The molecule has 0 amide bonds. The Morgan fingerprint density at radius 2 is 1.75 bits per heavy atom. The maximum Gasteiger partial charge on any atom is 0.335 e. The number of ether oxygens (including phenoxy) is 1. The lowest BCUT2D eigenvalue weighted by Gasteiger charge is -2.18. The van der Waals surface area contributed by atoms with Gasteiger partial charge in [0.15, 0.2) is 0 Å². The van der Waals surface area contributed by atoms with Gasteiger partial charge in [0.2, 0.25) is 0 Å². The number of rotatable bonds is 5. The van der Waals surface area contributed by atoms with Gasteiger partial charge in [-0.25, -0.2) is 13.6 Å². The summed E-state index contributed by atoms with van der Waals surface area (Å²) in [6, 6.07) is 1.02. The molecule has 0 aliphatic heterocycles. The summed E-state index contributed by atoms with van der Waals surface area (Å²) < 4.78 is 31.5. The van der Waals surface area contributed by atoms with Gasteiger partial charge in [0.25, 0.3) is 0 Å². The number of hydrogen-bond acceptors (Lipinski definition) is 5. The number of methoxy groups -OCH3 is 1. The Kier molecular flexibility index (Phi) is 5.12. The maximum absolute atomic E-state index is 13.6. The highest BCUT2D eigenvalue weighted by Crippen LogP contribution is 2.26. The number of hydrogen-bond donors (Lipinski definition) is 3. The third kappa shape index (κ3) is 3.49. The van der Waals surface area contributed by atoms with E-state index < -0.39 is 53.3 Å². The van der Waals surface area contributed by atoms with Gasteiger partial charge in [-0.05, 0) is 12.1 Å². The molecule has 2 atom stereocenters. The summed E-state index contributed by atoms with van der Waals surface area (Å²) in [5, 5.41) is 27.8. The van der Waals surface area contributed by atoms with Crippen LogP contribution in [0.5, 0.6) is 0 Å². The molecule has 6 nitrogen and oxygen atoms in total. The number of benzene rings is 1. The molecule has 2 unspecified atom stereocenters.